The zero-order valence-corrected chi connectivity index (χ0v) is 18.1. The molecule has 6 nitrogen and oxygen atoms in total. The Morgan fingerprint density at radius 2 is 1.09 bits per heavy atom. The SMILES string of the molecule is Nc1ccc2c(c1)CCc1cccc(c1)N=Nc1ccc(N)cc1Cc1cccc(c1)N=N2. The van der Waals surface area contributed by atoms with E-state index in [1.807, 2.05) is 66.7 Å². The van der Waals surface area contributed by atoms with Gasteiger partial charge in [0.25, 0.3) is 0 Å². The molecule has 162 valence electrons. The van der Waals surface area contributed by atoms with E-state index in [1.165, 1.54) is 5.56 Å². The number of nitrogen functional groups attached to an aromatic ring is 2. The molecule has 4 aromatic carbocycles. The summed E-state index contributed by atoms with van der Waals surface area (Å²) in [7, 11) is 0. The zero-order valence-electron chi connectivity index (χ0n) is 18.1. The Kier molecular flexibility index (Phi) is 5.64. The lowest BCUT2D eigenvalue weighted by atomic mass is 10.0. The Morgan fingerprint density at radius 1 is 0.515 bits per heavy atom. The third kappa shape index (κ3) is 4.96. The third-order valence-corrected chi connectivity index (χ3v) is 5.65. The predicted molar refractivity (Wildman–Crippen MR) is 133 cm³/mol. The van der Waals surface area contributed by atoms with Crippen LogP contribution in [0.3, 0.4) is 0 Å². The predicted octanol–water partition coefficient (Wildman–Crippen LogP) is 7.37. The highest BCUT2D eigenvalue weighted by Gasteiger charge is 2.08. The molecule has 4 N–H and O–H groups in total. The van der Waals surface area contributed by atoms with Crippen molar-refractivity contribution in [3.63, 3.8) is 0 Å². The molecule has 0 spiro atoms. The highest BCUT2D eigenvalue weighted by Crippen LogP contribution is 2.30. The average Bonchev–Trinajstić information content (AvgIpc) is 2.82. The molecule has 4 bridgehead atoms. The molecule has 1 aliphatic rings. The van der Waals surface area contributed by atoms with Crippen LogP contribution in [0.15, 0.2) is 105 Å². The summed E-state index contributed by atoms with van der Waals surface area (Å²) in [5.41, 5.74) is 21.1. The first-order valence-electron chi connectivity index (χ1n) is 10.9. The van der Waals surface area contributed by atoms with Crippen LogP contribution in [-0.2, 0) is 19.3 Å². The average molecular weight is 433 g/mol. The second-order valence-corrected chi connectivity index (χ2v) is 8.19. The summed E-state index contributed by atoms with van der Waals surface area (Å²) in [5, 5.41) is 18.1. The minimum absolute atomic E-state index is 0.663. The smallest absolute Gasteiger partial charge is 0.0893 e. The first-order chi connectivity index (χ1) is 16.1. The van der Waals surface area contributed by atoms with Gasteiger partial charge in [0.05, 0.1) is 22.7 Å². The van der Waals surface area contributed by atoms with E-state index in [0.717, 1.165) is 58.0 Å². The summed E-state index contributed by atoms with van der Waals surface area (Å²) in [6, 6.07) is 27.6. The van der Waals surface area contributed by atoms with Crippen molar-refractivity contribution >= 4 is 34.1 Å². The van der Waals surface area contributed by atoms with Crippen LogP contribution < -0.4 is 11.5 Å². The van der Waals surface area contributed by atoms with Crippen LogP contribution in [-0.4, -0.2) is 0 Å². The van der Waals surface area contributed by atoms with Crippen molar-refractivity contribution in [3.8, 4) is 0 Å². The molecule has 0 fully saturated rings. The molecule has 1 aliphatic heterocycles. The van der Waals surface area contributed by atoms with Crippen molar-refractivity contribution in [3.05, 3.63) is 107 Å². The van der Waals surface area contributed by atoms with Crippen molar-refractivity contribution in [2.24, 2.45) is 20.5 Å². The first-order valence-corrected chi connectivity index (χ1v) is 10.9. The van der Waals surface area contributed by atoms with Crippen LogP contribution in [0.25, 0.3) is 0 Å². The molecule has 0 amide bonds. The van der Waals surface area contributed by atoms with Crippen molar-refractivity contribution in [2.75, 3.05) is 11.5 Å². The van der Waals surface area contributed by atoms with Crippen molar-refractivity contribution in [1.82, 2.24) is 0 Å². The van der Waals surface area contributed by atoms with Gasteiger partial charge in [0.1, 0.15) is 0 Å². The molecule has 0 atom stereocenters. The summed E-state index contributed by atoms with van der Waals surface area (Å²) in [5.74, 6) is 0. The van der Waals surface area contributed by atoms with Crippen molar-refractivity contribution in [1.29, 1.82) is 0 Å². The molecule has 0 aliphatic carbocycles. The van der Waals surface area contributed by atoms with E-state index in [1.54, 1.807) is 0 Å². The fraction of sp³-hybridized carbons (Fsp3) is 0.111. The molecule has 0 unspecified atom stereocenters. The molecule has 4 aromatic rings. The van der Waals surface area contributed by atoms with Crippen LogP contribution in [0.2, 0.25) is 0 Å². The maximum atomic E-state index is 6.07. The molecule has 0 saturated heterocycles. The van der Waals surface area contributed by atoms with E-state index in [0.29, 0.717) is 12.1 Å². The lowest BCUT2D eigenvalue weighted by Gasteiger charge is -2.07. The van der Waals surface area contributed by atoms with Crippen molar-refractivity contribution < 1.29 is 0 Å². The molecule has 0 aromatic heterocycles. The number of rotatable bonds is 0. The highest BCUT2D eigenvalue weighted by molar-refractivity contribution is 5.58. The second kappa shape index (κ2) is 9.04. The monoisotopic (exact) mass is 432 g/mol. The van der Waals surface area contributed by atoms with E-state index < -0.39 is 0 Å². The lowest BCUT2D eigenvalue weighted by Crippen LogP contribution is -1.94. The highest BCUT2D eigenvalue weighted by atomic mass is 15.1. The fourth-order valence-corrected chi connectivity index (χ4v) is 3.97. The minimum Gasteiger partial charge on any atom is -0.399 e. The minimum atomic E-state index is 0.663. The number of benzene rings is 4. The summed E-state index contributed by atoms with van der Waals surface area (Å²) in [4.78, 5) is 0. The Bertz CT molecular complexity index is 1370. The van der Waals surface area contributed by atoms with Crippen LogP contribution in [0.1, 0.15) is 22.3 Å². The Balaban J connectivity index is 1.62. The molecular formula is C27H24N6. The van der Waals surface area contributed by atoms with Gasteiger partial charge in [-0.1, -0.05) is 24.3 Å². The molecule has 5 rings (SSSR count). The maximum Gasteiger partial charge on any atom is 0.0893 e. The van der Waals surface area contributed by atoms with Gasteiger partial charge >= 0.3 is 0 Å². The lowest BCUT2D eigenvalue weighted by molar-refractivity contribution is 0.955. The summed E-state index contributed by atoms with van der Waals surface area (Å²) in [6.07, 6.45) is 2.29. The normalized spacial score (nSPS) is 13.1. The van der Waals surface area contributed by atoms with E-state index in [-0.39, 0.29) is 0 Å². The van der Waals surface area contributed by atoms with Gasteiger partial charge in [0.2, 0.25) is 0 Å². The molecule has 0 radical (unpaired) electrons. The summed E-state index contributed by atoms with van der Waals surface area (Å²) in [6.45, 7) is 0. The number of nitrogens with zero attached hydrogens (tertiary/aromatic N) is 4. The van der Waals surface area contributed by atoms with Gasteiger partial charge in [-0.3, -0.25) is 0 Å². The maximum absolute atomic E-state index is 6.07. The van der Waals surface area contributed by atoms with E-state index in [9.17, 15) is 0 Å². The van der Waals surface area contributed by atoms with Crippen LogP contribution >= 0.6 is 0 Å². The Labute approximate surface area is 192 Å². The van der Waals surface area contributed by atoms with E-state index >= 15 is 0 Å². The standard InChI is InChI=1S/C27H24N6/c28-22-9-11-26-20(16-22)8-7-18-3-1-5-24(14-18)30-33-27-12-10-23(29)17-21(27)13-19-4-2-6-25(15-19)31-32-26/h1-6,9-12,14-17H,7-8,13,28-29H2. The number of anilines is 2. The van der Waals surface area contributed by atoms with Gasteiger partial charge in [0, 0.05) is 11.4 Å². The largest absolute Gasteiger partial charge is 0.399 e. The molecule has 0 saturated carbocycles. The van der Waals surface area contributed by atoms with Crippen LogP contribution in [0, 0.1) is 0 Å². The quantitative estimate of drug-likeness (QED) is 0.283. The van der Waals surface area contributed by atoms with Gasteiger partial charge < -0.3 is 11.5 Å². The molecule has 1 heterocycles. The number of aryl methyl sites for hydroxylation is 2. The molecular weight excluding hydrogens is 408 g/mol. The van der Waals surface area contributed by atoms with Crippen LogP contribution in [0.4, 0.5) is 34.1 Å². The van der Waals surface area contributed by atoms with E-state index in [4.69, 9.17) is 11.5 Å². The topological polar surface area (TPSA) is 101 Å². The fourth-order valence-electron chi connectivity index (χ4n) is 3.97. The van der Waals surface area contributed by atoms with Gasteiger partial charge in [-0.2, -0.15) is 20.5 Å². The Morgan fingerprint density at radius 3 is 1.79 bits per heavy atom. The first kappa shape index (κ1) is 20.6. The number of azo groups is 2. The second-order valence-electron chi connectivity index (χ2n) is 8.19. The van der Waals surface area contributed by atoms with Gasteiger partial charge in [-0.25, -0.2) is 0 Å². The number of hydrogen-bond acceptors (Lipinski definition) is 6. The zero-order chi connectivity index (χ0) is 22.6. The van der Waals surface area contributed by atoms with Gasteiger partial charge in [-0.15, -0.1) is 0 Å². The van der Waals surface area contributed by atoms with E-state index in [2.05, 4.69) is 38.7 Å². The Hall–Kier alpha value is -4.32. The van der Waals surface area contributed by atoms with Gasteiger partial charge in [0.15, 0.2) is 0 Å². The molecule has 33 heavy (non-hydrogen) atoms. The summed E-state index contributed by atoms with van der Waals surface area (Å²) >= 11 is 0. The summed E-state index contributed by atoms with van der Waals surface area (Å²) < 4.78 is 0. The number of hydrogen-bond donors (Lipinski definition) is 2. The third-order valence-electron chi connectivity index (χ3n) is 5.65. The number of nitrogens with two attached hydrogens (primary N) is 2. The van der Waals surface area contributed by atoms with Crippen LogP contribution in [0.5, 0.6) is 0 Å². The van der Waals surface area contributed by atoms with Crippen molar-refractivity contribution in [2.45, 2.75) is 19.3 Å². The number of fused-ring (bicyclic) bond motifs is 6. The molecule has 6 heteroatoms. The van der Waals surface area contributed by atoms with Gasteiger partial charge in [-0.05, 0) is 102 Å².